The number of benzene rings is 4. The van der Waals surface area contributed by atoms with Gasteiger partial charge >= 0.3 is 5.97 Å². The summed E-state index contributed by atoms with van der Waals surface area (Å²) in [6.07, 6.45) is 0. The van der Waals surface area contributed by atoms with Gasteiger partial charge in [0, 0.05) is 10.6 Å². The zero-order valence-corrected chi connectivity index (χ0v) is 19.3. The first-order valence-corrected chi connectivity index (χ1v) is 11.1. The SMILES string of the molecule is Cc1cccc(-c2ccccc2)c1C(=O)O/N=C(\N)c1ccc(OCc2ccc(Cl)cc2)cc1. The summed E-state index contributed by atoms with van der Waals surface area (Å²) in [5, 5.41) is 4.55. The van der Waals surface area contributed by atoms with Crippen molar-refractivity contribution in [1.82, 2.24) is 0 Å². The highest BCUT2D eigenvalue weighted by atomic mass is 35.5. The van der Waals surface area contributed by atoms with Gasteiger partial charge in [-0.05, 0) is 65.6 Å². The fourth-order valence-electron chi connectivity index (χ4n) is 3.46. The van der Waals surface area contributed by atoms with E-state index in [1.165, 1.54) is 0 Å². The van der Waals surface area contributed by atoms with Crippen molar-refractivity contribution in [2.24, 2.45) is 10.9 Å². The fourth-order valence-corrected chi connectivity index (χ4v) is 3.58. The number of rotatable bonds is 7. The number of hydrogen-bond donors (Lipinski definition) is 1. The molecule has 0 amide bonds. The highest BCUT2D eigenvalue weighted by molar-refractivity contribution is 6.30. The summed E-state index contributed by atoms with van der Waals surface area (Å²) >= 11 is 5.90. The number of nitrogens with two attached hydrogens (primary N) is 1. The Morgan fingerprint density at radius 3 is 2.29 bits per heavy atom. The van der Waals surface area contributed by atoms with Crippen LogP contribution in [0, 0.1) is 6.92 Å². The van der Waals surface area contributed by atoms with E-state index < -0.39 is 5.97 Å². The summed E-state index contributed by atoms with van der Waals surface area (Å²) in [6, 6.07) is 29.8. The van der Waals surface area contributed by atoms with E-state index in [0.29, 0.717) is 28.5 Å². The second-order valence-corrected chi connectivity index (χ2v) is 8.09. The number of carbonyl (C=O) groups is 1. The molecule has 0 aromatic heterocycles. The van der Waals surface area contributed by atoms with Crippen molar-refractivity contribution >= 4 is 23.4 Å². The van der Waals surface area contributed by atoms with Gasteiger partial charge in [-0.25, -0.2) is 4.79 Å². The number of halogens is 1. The predicted molar refractivity (Wildman–Crippen MR) is 135 cm³/mol. The molecule has 0 aliphatic heterocycles. The van der Waals surface area contributed by atoms with Crippen LogP contribution in [0.1, 0.15) is 27.0 Å². The van der Waals surface area contributed by atoms with E-state index >= 15 is 0 Å². The van der Waals surface area contributed by atoms with E-state index in [-0.39, 0.29) is 5.84 Å². The summed E-state index contributed by atoms with van der Waals surface area (Å²) in [6.45, 7) is 2.27. The lowest BCUT2D eigenvalue weighted by molar-refractivity contribution is 0.0516. The van der Waals surface area contributed by atoms with Gasteiger partial charge < -0.3 is 15.3 Å². The summed E-state index contributed by atoms with van der Waals surface area (Å²) < 4.78 is 5.78. The Labute approximate surface area is 203 Å². The Bertz CT molecular complexity index is 1300. The molecule has 0 saturated heterocycles. The molecule has 6 heteroatoms. The van der Waals surface area contributed by atoms with Gasteiger partial charge in [-0.15, -0.1) is 0 Å². The lowest BCUT2D eigenvalue weighted by Gasteiger charge is -2.11. The minimum absolute atomic E-state index is 0.0902. The van der Waals surface area contributed by atoms with Crippen LogP contribution in [0.25, 0.3) is 11.1 Å². The Hall–Kier alpha value is -4.09. The number of aryl methyl sites for hydroxylation is 1. The molecule has 0 unspecified atom stereocenters. The molecular weight excluding hydrogens is 448 g/mol. The molecule has 0 bridgehead atoms. The first-order valence-electron chi connectivity index (χ1n) is 10.7. The topological polar surface area (TPSA) is 73.9 Å². The molecule has 34 heavy (non-hydrogen) atoms. The van der Waals surface area contributed by atoms with Crippen molar-refractivity contribution in [1.29, 1.82) is 0 Å². The predicted octanol–water partition coefficient (Wildman–Crippen LogP) is 6.37. The maximum Gasteiger partial charge on any atom is 0.366 e. The largest absolute Gasteiger partial charge is 0.489 e. The first kappa shape index (κ1) is 23.1. The Morgan fingerprint density at radius 1 is 0.882 bits per heavy atom. The van der Waals surface area contributed by atoms with Crippen LogP contribution >= 0.6 is 11.6 Å². The smallest absolute Gasteiger partial charge is 0.366 e. The molecule has 0 atom stereocenters. The van der Waals surface area contributed by atoms with Crippen molar-refractivity contribution in [3.8, 4) is 16.9 Å². The van der Waals surface area contributed by atoms with Crippen LogP contribution < -0.4 is 10.5 Å². The fraction of sp³-hybridized carbons (Fsp3) is 0.0714. The molecule has 4 rings (SSSR count). The van der Waals surface area contributed by atoms with Crippen LogP contribution in [0.2, 0.25) is 5.02 Å². The van der Waals surface area contributed by atoms with Crippen molar-refractivity contribution in [3.05, 3.63) is 124 Å². The third kappa shape index (κ3) is 5.63. The van der Waals surface area contributed by atoms with Gasteiger partial charge in [-0.3, -0.25) is 0 Å². The van der Waals surface area contributed by atoms with E-state index in [1.54, 1.807) is 24.3 Å². The van der Waals surface area contributed by atoms with Crippen molar-refractivity contribution in [2.45, 2.75) is 13.5 Å². The van der Waals surface area contributed by atoms with Crippen molar-refractivity contribution in [2.75, 3.05) is 0 Å². The number of hydrogen-bond acceptors (Lipinski definition) is 4. The van der Waals surface area contributed by atoms with Crippen LogP contribution in [0.3, 0.4) is 0 Å². The molecule has 0 heterocycles. The minimum atomic E-state index is -0.567. The van der Waals surface area contributed by atoms with Crippen LogP contribution in [0.5, 0.6) is 5.75 Å². The van der Waals surface area contributed by atoms with E-state index in [1.807, 2.05) is 79.7 Å². The molecule has 4 aromatic carbocycles. The summed E-state index contributed by atoms with van der Waals surface area (Å²) in [4.78, 5) is 18.1. The quantitative estimate of drug-likeness (QED) is 0.147. The standard InChI is InChI=1S/C28H23ClN2O3/c1-19-6-5-9-25(21-7-3-2-4-8-21)26(19)28(32)34-31-27(30)22-12-16-24(17-13-22)33-18-20-10-14-23(29)15-11-20/h2-17H,18H2,1H3,(H2,30,31). The Kier molecular flexibility index (Phi) is 7.25. The van der Waals surface area contributed by atoms with Gasteiger partial charge in [-0.2, -0.15) is 0 Å². The molecular formula is C28H23ClN2O3. The Morgan fingerprint density at radius 2 is 1.59 bits per heavy atom. The summed E-state index contributed by atoms with van der Waals surface area (Å²) in [5.41, 5.74) is 10.6. The average Bonchev–Trinajstić information content (AvgIpc) is 2.87. The van der Waals surface area contributed by atoms with E-state index in [0.717, 1.165) is 22.3 Å². The molecule has 170 valence electrons. The number of oxime groups is 1. The van der Waals surface area contributed by atoms with Crippen LogP contribution in [-0.4, -0.2) is 11.8 Å². The maximum atomic E-state index is 12.9. The molecule has 2 N–H and O–H groups in total. The van der Waals surface area contributed by atoms with Crippen molar-refractivity contribution < 1.29 is 14.4 Å². The maximum absolute atomic E-state index is 12.9. The molecule has 5 nitrogen and oxygen atoms in total. The lowest BCUT2D eigenvalue weighted by atomic mass is 9.96. The lowest BCUT2D eigenvalue weighted by Crippen LogP contribution is -2.16. The molecule has 0 radical (unpaired) electrons. The molecule has 0 aliphatic rings. The highest BCUT2D eigenvalue weighted by Crippen LogP contribution is 2.27. The van der Waals surface area contributed by atoms with Crippen molar-refractivity contribution in [3.63, 3.8) is 0 Å². The summed E-state index contributed by atoms with van der Waals surface area (Å²) in [7, 11) is 0. The third-order valence-corrected chi connectivity index (χ3v) is 5.51. The van der Waals surface area contributed by atoms with Crippen LogP contribution in [-0.2, 0) is 11.4 Å². The number of carbonyl (C=O) groups excluding carboxylic acids is 1. The Balaban J connectivity index is 1.43. The average molecular weight is 471 g/mol. The molecule has 0 saturated carbocycles. The molecule has 0 aliphatic carbocycles. The molecule has 0 spiro atoms. The van der Waals surface area contributed by atoms with Crippen LogP contribution in [0.15, 0.2) is 102 Å². The zero-order chi connectivity index (χ0) is 23.9. The van der Waals surface area contributed by atoms with Gasteiger partial charge in [0.25, 0.3) is 0 Å². The minimum Gasteiger partial charge on any atom is -0.489 e. The molecule has 4 aromatic rings. The third-order valence-electron chi connectivity index (χ3n) is 5.26. The second-order valence-electron chi connectivity index (χ2n) is 7.66. The number of nitrogens with zero attached hydrogens (tertiary/aromatic N) is 1. The summed E-state index contributed by atoms with van der Waals surface area (Å²) in [5.74, 6) is 0.200. The van der Waals surface area contributed by atoms with E-state index in [4.69, 9.17) is 26.9 Å². The zero-order valence-electron chi connectivity index (χ0n) is 18.6. The van der Waals surface area contributed by atoms with Gasteiger partial charge in [0.15, 0.2) is 5.84 Å². The van der Waals surface area contributed by atoms with Gasteiger partial charge in [0.1, 0.15) is 12.4 Å². The number of ether oxygens (including phenoxy) is 1. The monoisotopic (exact) mass is 470 g/mol. The van der Waals surface area contributed by atoms with E-state index in [2.05, 4.69) is 5.16 Å². The highest BCUT2D eigenvalue weighted by Gasteiger charge is 2.17. The first-order chi connectivity index (χ1) is 16.5. The van der Waals surface area contributed by atoms with E-state index in [9.17, 15) is 4.79 Å². The molecule has 0 fully saturated rings. The number of amidine groups is 1. The van der Waals surface area contributed by atoms with Gasteiger partial charge in [-0.1, -0.05) is 77.4 Å². The van der Waals surface area contributed by atoms with Gasteiger partial charge in [0.2, 0.25) is 0 Å². The van der Waals surface area contributed by atoms with Crippen LogP contribution in [0.4, 0.5) is 0 Å². The van der Waals surface area contributed by atoms with Gasteiger partial charge in [0.05, 0.1) is 5.56 Å². The normalized spacial score (nSPS) is 11.2. The second kappa shape index (κ2) is 10.7.